The van der Waals surface area contributed by atoms with Crippen LogP contribution in [0.2, 0.25) is 0 Å². The Balaban J connectivity index is 2.10. The summed E-state index contributed by atoms with van der Waals surface area (Å²) in [6.07, 6.45) is 2.60. The second kappa shape index (κ2) is 6.27. The molecule has 1 fully saturated rings. The summed E-state index contributed by atoms with van der Waals surface area (Å²) in [4.78, 5) is 13.2. The van der Waals surface area contributed by atoms with Gasteiger partial charge in [0.2, 0.25) is 5.91 Å². The Bertz CT molecular complexity index is 481. The first-order chi connectivity index (χ1) is 9.47. The smallest absolute Gasteiger partial charge is 0.236 e. The van der Waals surface area contributed by atoms with Crippen molar-refractivity contribution in [3.8, 4) is 0 Å². The van der Waals surface area contributed by atoms with E-state index in [4.69, 9.17) is 5.73 Å². The van der Waals surface area contributed by atoms with Gasteiger partial charge in [-0.1, -0.05) is 6.07 Å². The first kappa shape index (κ1) is 14.9. The van der Waals surface area contributed by atoms with Crippen LogP contribution < -0.4 is 16.0 Å². The van der Waals surface area contributed by atoms with Crippen molar-refractivity contribution in [1.82, 2.24) is 5.32 Å². The van der Waals surface area contributed by atoms with Gasteiger partial charge in [0.25, 0.3) is 0 Å². The van der Waals surface area contributed by atoms with Gasteiger partial charge in [0, 0.05) is 24.3 Å². The lowest BCUT2D eigenvalue weighted by molar-refractivity contribution is -0.116. The number of nitrogens with one attached hydrogen (secondary N) is 1. The molecule has 20 heavy (non-hydrogen) atoms. The topological polar surface area (TPSA) is 58.4 Å². The Hall–Kier alpha value is -1.55. The second-order valence-electron chi connectivity index (χ2n) is 5.95. The number of carbonyl (C=O) groups is 1. The Morgan fingerprint density at radius 3 is 2.65 bits per heavy atom. The number of nitrogens with two attached hydrogens (primary N) is 1. The Labute approximate surface area is 121 Å². The fourth-order valence-corrected chi connectivity index (χ4v) is 2.34. The van der Waals surface area contributed by atoms with Gasteiger partial charge in [-0.2, -0.15) is 0 Å². The number of anilines is 1. The van der Waals surface area contributed by atoms with Gasteiger partial charge >= 0.3 is 0 Å². The molecule has 0 aliphatic heterocycles. The van der Waals surface area contributed by atoms with E-state index in [0.29, 0.717) is 0 Å². The van der Waals surface area contributed by atoms with Gasteiger partial charge in [0.05, 0.1) is 6.54 Å². The van der Waals surface area contributed by atoms with E-state index in [2.05, 4.69) is 44.3 Å². The van der Waals surface area contributed by atoms with Crippen LogP contribution in [0.5, 0.6) is 0 Å². The third-order valence-corrected chi connectivity index (χ3v) is 3.77. The summed E-state index contributed by atoms with van der Waals surface area (Å²) < 4.78 is 0. The first-order valence-electron chi connectivity index (χ1n) is 7.35. The van der Waals surface area contributed by atoms with Crippen LogP contribution >= 0.6 is 0 Å². The molecule has 0 unspecified atom stereocenters. The summed E-state index contributed by atoms with van der Waals surface area (Å²) in [5, 5.41) is 3.53. The molecule has 1 aromatic carbocycles. The number of nitrogens with zero attached hydrogens (tertiary/aromatic N) is 1. The number of carbonyl (C=O) groups excluding carboxylic acids is 1. The van der Waals surface area contributed by atoms with Gasteiger partial charge < -0.3 is 16.0 Å². The number of benzene rings is 1. The van der Waals surface area contributed by atoms with Gasteiger partial charge in [0.1, 0.15) is 0 Å². The number of rotatable bonds is 7. The summed E-state index contributed by atoms with van der Waals surface area (Å²) in [7, 11) is 0. The number of hydrogen-bond acceptors (Lipinski definition) is 3. The zero-order valence-corrected chi connectivity index (χ0v) is 12.6. The van der Waals surface area contributed by atoms with Gasteiger partial charge in [0.15, 0.2) is 0 Å². The van der Waals surface area contributed by atoms with Crippen LogP contribution in [0.1, 0.15) is 37.8 Å². The van der Waals surface area contributed by atoms with E-state index < -0.39 is 0 Å². The lowest BCUT2D eigenvalue weighted by atomic mass is 10.1. The third-order valence-electron chi connectivity index (χ3n) is 3.77. The van der Waals surface area contributed by atoms with Crippen molar-refractivity contribution in [2.45, 2.75) is 52.2 Å². The average molecular weight is 275 g/mol. The number of hydrogen-bond donors (Lipinski definition) is 2. The highest BCUT2D eigenvalue weighted by Crippen LogP contribution is 2.23. The van der Waals surface area contributed by atoms with Crippen LogP contribution in [0.15, 0.2) is 18.2 Å². The minimum Gasteiger partial charge on any atom is -0.368 e. The predicted octanol–water partition coefficient (Wildman–Crippen LogP) is 1.95. The van der Waals surface area contributed by atoms with Crippen molar-refractivity contribution in [3.05, 3.63) is 29.3 Å². The van der Waals surface area contributed by atoms with Crippen LogP contribution in [0.25, 0.3) is 0 Å². The van der Waals surface area contributed by atoms with Gasteiger partial charge in [-0.15, -0.1) is 0 Å². The molecule has 1 aliphatic rings. The molecule has 0 spiro atoms. The summed E-state index contributed by atoms with van der Waals surface area (Å²) in [6, 6.07) is 7.34. The molecule has 1 aliphatic carbocycles. The van der Waals surface area contributed by atoms with E-state index in [0.717, 1.165) is 18.3 Å². The van der Waals surface area contributed by atoms with Crippen molar-refractivity contribution >= 4 is 11.6 Å². The maximum atomic E-state index is 11.2. The molecule has 1 amide bonds. The molecule has 0 bridgehead atoms. The van der Waals surface area contributed by atoms with Gasteiger partial charge in [-0.05, 0) is 56.9 Å². The number of amides is 1. The third kappa shape index (κ3) is 3.97. The van der Waals surface area contributed by atoms with E-state index in [1.165, 1.54) is 24.0 Å². The summed E-state index contributed by atoms with van der Waals surface area (Å²) in [5.41, 5.74) is 8.97. The fraction of sp³-hybridized carbons (Fsp3) is 0.562. The molecule has 0 heterocycles. The van der Waals surface area contributed by atoms with E-state index in [-0.39, 0.29) is 18.5 Å². The van der Waals surface area contributed by atoms with Gasteiger partial charge in [-0.25, -0.2) is 0 Å². The van der Waals surface area contributed by atoms with Crippen LogP contribution in [-0.4, -0.2) is 24.5 Å². The largest absolute Gasteiger partial charge is 0.368 e. The molecular weight excluding hydrogens is 250 g/mol. The summed E-state index contributed by atoms with van der Waals surface area (Å²) in [6.45, 7) is 7.45. The zero-order valence-electron chi connectivity index (χ0n) is 12.6. The van der Waals surface area contributed by atoms with E-state index >= 15 is 0 Å². The molecule has 0 radical (unpaired) electrons. The number of primary amides is 1. The molecular formula is C16H25N3O. The van der Waals surface area contributed by atoms with E-state index in [1.807, 2.05) is 4.90 Å². The molecule has 0 atom stereocenters. The maximum Gasteiger partial charge on any atom is 0.236 e. The van der Waals surface area contributed by atoms with Crippen molar-refractivity contribution in [3.63, 3.8) is 0 Å². The van der Waals surface area contributed by atoms with E-state index in [1.54, 1.807) is 0 Å². The molecule has 0 saturated heterocycles. The minimum absolute atomic E-state index is 0.248. The molecule has 4 heteroatoms. The first-order valence-corrected chi connectivity index (χ1v) is 7.35. The summed E-state index contributed by atoms with van der Waals surface area (Å²) in [5.74, 6) is -0.296. The monoisotopic (exact) mass is 275 g/mol. The molecule has 110 valence electrons. The lowest BCUT2D eigenvalue weighted by Crippen LogP contribution is -2.38. The quantitative estimate of drug-likeness (QED) is 0.799. The molecule has 3 N–H and O–H groups in total. The zero-order chi connectivity index (χ0) is 14.7. The molecule has 4 nitrogen and oxygen atoms in total. The summed E-state index contributed by atoms with van der Waals surface area (Å²) >= 11 is 0. The number of aryl methyl sites for hydroxylation is 1. The molecule has 1 aromatic rings. The highest BCUT2D eigenvalue weighted by atomic mass is 16.1. The maximum absolute atomic E-state index is 11.2. The average Bonchev–Trinajstić information content (AvgIpc) is 3.18. The standard InChI is InChI=1S/C16H25N3O/c1-11(2)19(10-16(17)20)15-7-4-13(12(3)8-15)9-18-14-5-6-14/h4,7-8,11,14,18H,5-6,9-10H2,1-3H3,(H2,17,20). The Kier molecular flexibility index (Phi) is 4.65. The second-order valence-corrected chi connectivity index (χ2v) is 5.95. The Morgan fingerprint density at radius 2 is 2.15 bits per heavy atom. The van der Waals surface area contributed by atoms with E-state index in [9.17, 15) is 4.79 Å². The van der Waals surface area contributed by atoms with Crippen LogP contribution in [0.4, 0.5) is 5.69 Å². The molecule has 0 aromatic heterocycles. The molecule has 2 rings (SSSR count). The Morgan fingerprint density at radius 1 is 1.45 bits per heavy atom. The lowest BCUT2D eigenvalue weighted by Gasteiger charge is -2.28. The normalized spacial score (nSPS) is 14.6. The molecule has 1 saturated carbocycles. The predicted molar refractivity (Wildman–Crippen MR) is 82.7 cm³/mol. The highest BCUT2D eigenvalue weighted by molar-refractivity contribution is 5.79. The SMILES string of the molecule is Cc1cc(N(CC(N)=O)C(C)C)ccc1CNC1CC1. The van der Waals surface area contributed by atoms with Crippen LogP contribution in [0.3, 0.4) is 0 Å². The highest BCUT2D eigenvalue weighted by Gasteiger charge is 2.20. The van der Waals surface area contributed by atoms with Crippen LogP contribution in [0, 0.1) is 6.92 Å². The van der Waals surface area contributed by atoms with Crippen molar-refractivity contribution < 1.29 is 4.79 Å². The van der Waals surface area contributed by atoms with Crippen molar-refractivity contribution in [2.75, 3.05) is 11.4 Å². The van der Waals surface area contributed by atoms with Gasteiger partial charge in [-0.3, -0.25) is 4.79 Å². The van der Waals surface area contributed by atoms with Crippen LogP contribution in [-0.2, 0) is 11.3 Å². The van der Waals surface area contributed by atoms with Crippen molar-refractivity contribution in [2.24, 2.45) is 5.73 Å². The fourth-order valence-electron chi connectivity index (χ4n) is 2.34. The van der Waals surface area contributed by atoms with Crippen molar-refractivity contribution in [1.29, 1.82) is 0 Å². The minimum atomic E-state index is -0.296.